The Morgan fingerprint density at radius 2 is 2.00 bits per heavy atom. The third-order valence-electron chi connectivity index (χ3n) is 2.63. The minimum atomic E-state index is 0.205. The molecule has 16 heavy (non-hydrogen) atoms. The lowest BCUT2D eigenvalue weighted by Crippen LogP contribution is -2.37. The average molecular weight is 255 g/mol. The van der Waals surface area contributed by atoms with Crippen molar-refractivity contribution in [1.29, 1.82) is 0 Å². The molecule has 86 valence electrons. The van der Waals surface area contributed by atoms with E-state index in [1.54, 1.807) is 0 Å². The standard InChI is InChI=1S/C12H15ClN2S/c1-8(9-2-4-10(13)5-3-9)14-12(16)15-11-6-7-11/h2-5,8,11H,6-7H2,1H3,(H2,14,15,16)/t8-/m1/s1. The predicted molar refractivity (Wildman–Crippen MR) is 71.8 cm³/mol. The molecule has 1 fully saturated rings. The summed E-state index contributed by atoms with van der Waals surface area (Å²) in [4.78, 5) is 0. The van der Waals surface area contributed by atoms with Gasteiger partial charge in [-0.25, -0.2) is 0 Å². The van der Waals surface area contributed by atoms with E-state index >= 15 is 0 Å². The number of benzene rings is 1. The maximum Gasteiger partial charge on any atom is 0.166 e. The maximum absolute atomic E-state index is 5.84. The number of thiocarbonyl (C=S) groups is 1. The Morgan fingerprint density at radius 1 is 1.38 bits per heavy atom. The van der Waals surface area contributed by atoms with E-state index in [0.717, 1.165) is 10.1 Å². The summed E-state index contributed by atoms with van der Waals surface area (Å²) in [5.74, 6) is 0. The monoisotopic (exact) mass is 254 g/mol. The van der Waals surface area contributed by atoms with Crippen LogP contribution < -0.4 is 10.6 Å². The minimum absolute atomic E-state index is 0.205. The highest BCUT2D eigenvalue weighted by atomic mass is 35.5. The molecule has 0 radical (unpaired) electrons. The van der Waals surface area contributed by atoms with Crippen LogP contribution in [0.3, 0.4) is 0 Å². The van der Waals surface area contributed by atoms with Gasteiger partial charge in [-0.15, -0.1) is 0 Å². The molecule has 0 saturated heterocycles. The number of rotatable bonds is 3. The van der Waals surface area contributed by atoms with Gasteiger partial charge in [-0.05, 0) is 49.7 Å². The molecule has 0 aromatic heterocycles. The summed E-state index contributed by atoms with van der Waals surface area (Å²) in [6.07, 6.45) is 2.47. The van der Waals surface area contributed by atoms with E-state index in [2.05, 4.69) is 17.6 Å². The van der Waals surface area contributed by atoms with Crippen LogP contribution in [0.25, 0.3) is 0 Å². The van der Waals surface area contributed by atoms with Gasteiger partial charge in [0.25, 0.3) is 0 Å². The lowest BCUT2D eigenvalue weighted by Gasteiger charge is -2.17. The van der Waals surface area contributed by atoms with E-state index < -0.39 is 0 Å². The second-order valence-electron chi connectivity index (χ2n) is 4.17. The Balaban J connectivity index is 1.88. The fourth-order valence-corrected chi connectivity index (χ4v) is 1.96. The number of nitrogens with one attached hydrogen (secondary N) is 2. The van der Waals surface area contributed by atoms with Crippen molar-refractivity contribution < 1.29 is 0 Å². The molecule has 1 atom stereocenters. The lowest BCUT2D eigenvalue weighted by molar-refractivity contribution is 0.697. The van der Waals surface area contributed by atoms with Crippen LogP contribution in [0.15, 0.2) is 24.3 Å². The second kappa shape index (κ2) is 5.02. The van der Waals surface area contributed by atoms with Crippen molar-refractivity contribution in [2.24, 2.45) is 0 Å². The van der Waals surface area contributed by atoms with E-state index in [4.69, 9.17) is 23.8 Å². The Labute approximate surface area is 106 Å². The van der Waals surface area contributed by atoms with E-state index in [9.17, 15) is 0 Å². The first-order chi connectivity index (χ1) is 7.65. The molecule has 1 aromatic carbocycles. The first kappa shape index (κ1) is 11.7. The third-order valence-corrected chi connectivity index (χ3v) is 3.12. The van der Waals surface area contributed by atoms with Crippen molar-refractivity contribution >= 4 is 28.9 Å². The smallest absolute Gasteiger partial charge is 0.166 e. The molecule has 0 bridgehead atoms. The Bertz CT molecular complexity index is 373. The van der Waals surface area contributed by atoms with Crippen LogP contribution in [0, 0.1) is 0 Å². The fraction of sp³-hybridized carbons (Fsp3) is 0.417. The summed E-state index contributed by atoms with van der Waals surface area (Å²) in [5.41, 5.74) is 1.18. The highest BCUT2D eigenvalue weighted by molar-refractivity contribution is 7.80. The molecule has 0 spiro atoms. The summed E-state index contributed by atoms with van der Waals surface area (Å²) in [5, 5.41) is 8.02. The highest BCUT2D eigenvalue weighted by Gasteiger charge is 2.22. The van der Waals surface area contributed by atoms with E-state index in [1.165, 1.54) is 18.4 Å². The molecule has 0 unspecified atom stereocenters. The predicted octanol–water partition coefficient (Wildman–Crippen LogP) is 3.03. The summed E-state index contributed by atoms with van der Waals surface area (Å²) in [7, 11) is 0. The first-order valence-electron chi connectivity index (χ1n) is 5.47. The molecule has 0 heterocycles. The van der Waals surface area contributed by atoms with Gasteiger partial charge in [0.15, 0.2) is 5.11 Å². The Kier molecular flexibility index (Phi) is 3.66. The molecule has 1 aliphatic rings. The number of halogens is 1. The summed E-state index contributed by atoms with van der Waals surface area (Å²) < 4.78 is 0. The van der Waals surface area contributed by atoms with Crippen LogP contribution >= 0.6 is 23.8 Å². The van der Waals surface area contributed by atoms with Crippen LogP contribution in [0.4, 0.5) is 0 Å². The number of hydrogen-bond acceptors (Lipinski definition) is 1. The van der Waals surface area contributed by atoms with Gasteiger partial charge in [-0.3, -0.25) is 0 Å². The molecule has 2 nitrogen and oxygen atoms in total. The largest absolute Gasteiger partial charge is 0.360 e. The van der Waals surface area contributed by atoms with Crippen molar-refractivity contribution in [3.8, 4) is 0 Å². The topological polar surface area (TPSA) is 24.1 Å². The van der Waals surface area contributed by atoms with Gasteiger partial charge in [-0.2, -0.15) is 0 Å². The van der Waals surface area contributed by atoms with Gasteiger partial charge in [0.05, 0.1) is 6.04 Å². The molecule has 2 rings (SSSR count). The van der Waals surface area contributed by atoms with E-state index in [-0.39, 0.29) is 6.04 Å². The highest BCUT2D eigenvalue weighted by Crippen LogP contribution is 2.19. The Morgan fingerprint density at radius 3 is 2.56 bits per heavy atom. The molecule has 1 saturated carbocycles. The molecule has 0 aliphatic heterocycles. The van der Waals surface area contributed by atoms with Crippen LogP contribution in [-0.4, -0.2) is 11.2 Å². The van der Waals surface area contributed by atoms with Gasteiger partial charge in [0.1, 0.15) is 0 Å². The Hall–Kier alpha value is -0.800. The molecule has 4 heteroatoms. The van der Waals surface area contributed by atoms with Crippen LogP contribution in [0.2, 0.25) is 5.02 Å². The molecule has 2 N–H and O–H groups in total. The summed E-state index contributed by atoms with van der Waals surface area (Å²) in [6, 6.07) is 8.62. The van der Waals surface area contributed by atoms with E-state index in [0.29, 0.717) is 6.04 Å². The SMILES string of the molecule is C[C@@H](NC(=S)NC1CC1)c1ccc(Cl)cc1. The first-order valence-corrected chi connectivity index (χ1v) is 6.26. The zero-order chi connectivity index (χ0) is 11.5. The van der Waals surface area contributed by atoms with Crippen LogP contribution in [-0.2, 0) is 0 Å². The van der Waals surface area contributed by atoms with Crippen molar-refractivity contribution in [2.45, 2.75) is 31.8 Å². The zero-order valence-corrected chi connectivity index (χ0v) is 10.7. The minimum Gasteiger partial charge on any atom is -0.360 e. The molecular weight excluding hydrogens is 240 g/mol. The van der Waals surface area contributed by atoms with Crippen molar-refractivity contribution in [3.63, 3.8) is 0 Å². The van der Waals surface area contributed by atoms with Crippen molar-refractivity contribution in [2.75, 3.05) is 0 Å². The summed E-state index contributed by atoms with van der Waals surface area (Å²) >= 11 is 11.1. The van der Waals surface area contributed by atoms with Gasteiger partial charge >= 0.3 is 0 Å². The molecular formula is C12H15ClN2S. The quantitative estimate of drug-likeness (QED) is 0.811. The fourth-order valence-electron chi connectivity index (χ4n) is 1.49. The number of hydrogen-bond donors (Lipinski definition) is 2. The lowest BCUT2D eigenvalue weighted by atomic mass is 10.1. The molecule has 1 aromatic rings. The average Bonchev–Trinajstić information content (AvgIpc) is 3.02. The maximum atomic E-state index is 5.84. The van der Waals surface area contributed by atoms with Gasteiger partial charge in [0.2, 0.25) is 0 Å². The normalized spacial score (nSPS) is 16.6. The van der Waals surface area contributed by atoms with Crippen LogP contribution in [0.5, 0.6) is 0 Å². The van der Waals surface area contributed by atoms with Crippen molar-refractivity contribution in [1.82, 2.24) is 10.6 Å². The molecule has 1 aliphatic carbocycles. The zero-order valence-electron chi connectivity index (χ0n) is 9.16. The van der Waals surface area contributed by atoms with Crippen LogP contribution in [0.1, 0.15) is 31.4 Å². The van der Waals surface area contributed by atoms with Gasteiger partial charge in [0, 0.05) is 11.1 Å². The third kappa shape index (κ3) is 3.35. The van der Waals surface area contributed by atoms with Gasteiger partial charge < -0.3 is 10.6 Å². The van der Waals surface area contributed by atoms with E-state index in [1.807, 2.05) is 24.3 Å². The van der Waals surface area contributed by atoms with Crippen molar-refractivity contribution in [3.05, 3.63) is 34.9 Å². The molecule has 0 amide bonds. The summed E-state index contributed by atoms with van der Waals surface area (Å²) in [6.45, 7) is 2.09. The van der Waals surface area contributed by atoms with Gasteiger partial charge in [-0.1, -0.05) is 23.7 Å². The second-order valence-corrected chi connectivity index (χ2v) is 5.01.